The number of aliphatic hydroxyl groups is 1. The molecule has 2 aliphatic rings. The number of nitrogens with one attached hydrogen (secondary N) is 1. The van der Waals surface area contributed by atoms with Crippen LogP contribution in [-0.2, 0) is 10.4 Å². The van der Waals surface area contributed by atoms with Gasteiger partial charge in [0.25, 0.3) is 0 Å². The maximum atomic E-state index is 14.6. The van der Waals surface area contributed by atoms with Gasteiger partial charge in [-0.05, 0) is 66.6 Å². The van der Waals surface area contributed by atoms with Gasteiger partial charge < -0.3 is 20.4 Å². The number of hydrogen-bond acceptors (Lipinski definition) is 4. The van der Waals surface area contributed by atoms with Gasteiger partial charge in [0.05, 0.1) is 5.60 Å². The first-order valence-corrected chi connectivity index (χ1v) is 12.1. The van der Waals surface area contributed by atoms with Gasteiger partial charge >= 0.3 is 5.97 Å². The van der Waals surface area contributed by atoms with Crippen molar-refractivity contribution in [3.63, 3.8) is 0 Å². The Hall–Kier alpha value is -2.96. The van der Waals surface area contributed by atoms with Crippen molar-refractivity contribution in [1.29, 1.82) is 0 Å². The van der Waals surface area contributed by atoms with Crippen LogP contribution in [0.5, 0.6) is 0 Å². The summed E-state index contributed by atoms with van der Waals surface area (Å²) < 4.78 is 14.6. The lowest BCUT2D eigenvalue weighted by molar-refractivity contribution is -0.143. The van der Waals surface area contributed by atoms with E-state index in [1.54, 1.807) is 12.1 Å². The Morgan fingerprint density at radius 3 is 2.74 bits per heavy atom. The molecule has 6 heteroatoms. The van der Waals surface area contributed by atoms with Crippen molar-refractivity contribution in [3.05, 3.63) is 77.6 Å². The van der Waals surface area contributed by atoms with E-state index in [9.17, 15) is 14.3 Å². The van der Waals surface area contributed by atoms with Crippen molar-refractivity contribution >= 4 is 22.4 Å². The second kappa shape index (κ2) is 9.01. The van der Waals surface area contributed by atoms with Gasteiger partial charge in [-0.1, -0.05) is 42.5 Å². The van der Waals surface area contributed by atoms with E-state index in [1.165, 1.54) is 22.4 Å². The van der Waals surface area contributed by atoms with Crippen LogP contribution in [-0.4, -0.2) is 35.3 Å². The topological polar surface area (TPSA) is 72.8 Å². The molecule has 5 rings (SSSR count). The number of hydrogen-bond donors (Lipinski definition) is 3. The zero-order valence-electron chi connectivity index (χ0n) is 19.4. The molecule has 1 saturated carbocycles. The molecular weight excluding hydrogens is 431 g/mol. The highest BCUT2D eigenvalue weighted by molar-refractivity contribution is 5.86. The summed E-state index contributed by atoms with van der Waals surface area (Å²) in [4.78, 5) is 13.2. The first-order valence-electron chi connectivity index (χ1n) is 12.1. The Bertz CT molecular complexity index is 1200. The van der Waals surface area contributed by atoms with E-state index in [4.69, 9.17) is 5.11 Å². The number of aliphatic carboxylic acids is 1. The van der Waals surface area contributed by atoms with Crippen molar-refractivity contribution in [1.82, 2.24) is 5.32 Å². The number of carboxylic acids is 1. The average molecular weight is 463 g/mol. The molecule has 0 aromatic heterocycles. The predicted molar refractivity (Wildman–Crippen MR) is 131 cm³/mol. The summed E-state index contributed by atoms with van der Waals surface area (Å²) in [7, 11) is 0. The third-order valence-corrected chi connectivity index (χ3v) is 7.50. The van der Waals surface area contributed by atoms with Gasteiger partial charge in [0.1, 0.15) is 5.82 Å². The maximum Gasteiger partial charge on any atom is 0.303 e. The van der Waals surface area contributed by atoms with Crippen LogP contribution >= 0.6 is 0 Å². The number of anilines is 1. The fourth-order valence-electron chi connectivity index (χ4n) is 5.78. The first kappa shape index (κ1) is 22.8. The predicted octanol–water partition coefficient (Wildman–Crippen LogP) is 4.98. The molecule has 2 atom stereocenters. The van der Waals surface area contributed by atoms with Crippen LogP contribution in [0.3, 0.4) is 0 Å². The van der Waals surface area contributed by atoms with Crippen molar-refractivity contribution in [2.24, 2.45) is 5.92 Å². The molecule has 2 fully saturated rings. The van der Waals surface area contributed by atoms with Crippen molar-refractivity contribution < 1.29 is 19.4 Å². The van der Waals surface area contributed by atoms with E-state index in [-0.39, 0.29) is 36.8 Å². The minimum atomic E-state index is -1.28. The largest absolute Gasteiger partial charge is 0.481 e. The Balaban J connectivity index is 1.26. The van der Waals surface area contributed by atoms with Crippen LogP contribution in [0.15, 0.2) is 60.7 Å². The monoisotopic (exact) mass is 462 g/mol. The quantitative estimate of drug-likeness (QED) is 0.462. The summed E-state index contributed by atoms with van der Waals surface area (Å²) in [5, 5.41) is 26.2. The van der Waals surface area contributed by atoms with Gasteiger partial charge in [0, 0.05) is 42.8 Å². The molecular formula is C28H31FN2O3. The number of nitrogens with zero attached hydrogens (tertiary/aromatic N) is 1. The molecule has 1 saturated heterocycles. The maximum absolute atomic E-state index is 14.6. The summed E-state index contributed by atoms with van der Waals surface area (Å²) in [6, 6.07) is 20.3. The molecule has 3 aromatic carbocycles. The Morgan fingerprint density at radius 1 is 1.18 bits per heavy atom. The molecule has 0 radical (unpaired) electrons. The van der Waals surface area contributed by atoms with Crippen LogP contribution < -0.4 is 10.2 Å². The molecule has 5 nitrogen and oxygen atoms in total. The number of carboxylic acid groups (broad SMARTS) is 1. The molecule has 0 spiro atoms. The summed E-state index contributed by atoms with van der Waals surface area (Å²) in [6.45, 7) is 3.85. The SMILES string of the molecule is CC(N[C@H]1CCN(c2ccc(F)c(C3(O)CC(CC(=O)O)C3)c2)C1)c1cccc2ccccc12. The van der Waals surface area contributed by atoms with Crippen LogP contribution in [0.4, 0.5) is 10.1 Å². The minimum Gasteiger partial charge on any atom is -0.481 e. The minimum absolute atomic E-state index is 0.0119. The van der Waals surface area contributed by atoms with Gasteiger partial charge in [0.15, 0.2) is 0 Å². The Labute approximate surface area is 199 Å². The van der Waals surface area contributed by atoms with Crippen molar-refractivity contribution in [2.45, 2.75) is 50.3 Å². The number of benzene rings is 3. The summed E-state index contributed by atoms with van der Waals surface area (Å²) in [5.74, 6) is -1.42. The third kappa shape index (κ3) is 4.40. The smallest absolute Gasteiger partial charge is 0.303 e. The van der Waals surface area contributed by atoms with E-state index in [0.29, 0.717) is 6.04 Å². The van der Waals surface area contributed by atoms with Gasteiger partial charge in [-0.3, -0.25) is 4.79 Å². The standard InChI is InChI=1S/C28H31FN2O3/c1-18(23-8-4-6-20-5-2-3-7-24(20)23)30-21-11-12-31(17-21)22-9-10-26(29)25(14-22)28(34)15-19(16-28)13-27(32)33/h2-10,14,18-19,21,30,34H,11-13,15-17H2,1H3,(H,32,33)/t18?,19?,21-,28?/m0/s1. The lowest BCUT2D eigenvalue weighted by Crippen LogP contribution is -2.42. The molecule has 0 bridgehead atoms. The average Bonchev–Trinajstić information content (AvgIpc) is 3.26. The molecule has 1 aliphatic heterocycles. The third-order valence-electron chi connectivity index (χ3n) is 7.50. The fourth-order valence-corrected chi connectivity index (χ4v) is 5.78. The van der Waals surface area contributed by atoms with Gasteiger partial charge in [-0.15, -0.1) is 0 Å². The summed E-state index contributed by atoms with van der Waals surface area (Å²) >= 11 is 0. The highest BCUT2D eigenvalue weighted by Gasteiger charge is 2.46. The number of halogens is 1. The number of fused-ring (bicyclic) bond motifs is 1. The second-order valence-electron chi connectivity index (χ2n) is 9.96. The Kier molecular flexibility index (Phi) is 6.04. The van der Waals surface area contributed by atoms with Gasteiger partial charge in [0.2, 0.25) is 0 Å². The highest BCUT2D eigenvalue weighted by Crippen LogP contribution is 2.48. The summed E-state index contributed by atoms with van der Waals surface area (Å²) in [6.07, 6.45) is 1.56. The van der Waals surface area contributed by atoms with Gasteiger partial charge in [-0.25, -0.2) is 4.39 Å². The zero-order chi connectivity index (χ0) is 23.9. The molecule has 1 aliphatic carbocycles. The molecule has 178 valence electrons. The van der Waals surface area contributed by atoms with Crippen LogP contribution in [0.2, 0.25) is 0 Å². The number of carbonyl (C=O) groups is 1. The molecule has 3 N–H and O–H groups in total. The highest BCUT2D eigenvalue weighted by atomic mass is 19.1. The lowest BCUT2D eigenvalue weighted by Gasteiger charge is -2.44. The van der Waals surface area contributed by atoms with E-state index in [1.807, 2.05) is 0 Å². The molecule has 0 amide bonds. The molecule has 34 heavy (non-hydrogen) atoms. The van der Waals surface area contributed by atoms with Crippen LogP contribution in [0, 0.1) is 11.7 Å². The van der Waals surface area contributed by atoms with E-state index < -0.39 is 17.4 Å². The van der Waals surface area contributed by atoms with Gasteiger partial charge in [-0.2, -0.15) is 0 Å². The Morgan fingerprint density at radius 2 is 1.94 bits per heavy atom. The molecule has 1 heterocycles. The van der Waals surface area contributed by atoms with E-state index >= 15 is 0 Å². The van der Waals surface area contributed by atoms with Crippen LogP contribution in [0.1, 0.15) is 49.8 Å². The van der Waals surface area contributed by atoms with Crippen LogP contribution in [0.25, 0.3) is 10.8 Å². The first-order chi connectivity index (χ1) is 16.3. The fraction of sp³-hybridized carbons (Fsp3) is 0.393. The zero-order valence-corrected chi connectivity index (χ0v) is 19.4. The number of rotatable bonds is 7. The second-order valence-corrected chi connectivity index (χ2v) is 9.96. The van der Waals surface area contributed by atoms with E-state index in [0.717, 1.165) is 25.2 Å². The summed E-state index contributed by atoms with van der Waals surface area (Å²) in [5.41, 5.74) is 1.19. The van der Waals surface area contributed by atoms with Crippen molar-refractivity contribution in [3.8, 4) is 0 Å². The van der Waals surface area contributed by atoms with Crippen molar-refractivity contribution in [2.75, 3.05) is 18.0 Å². The lowest BCUT2D eigenvalue weighted by atomic mass is 9.66. The normalized spacial score (nSPS) is 25.3. The molecule has 3 aromatic rings. The van der Waals surface area contributed by atoms with E-state index in [2.05, 4.69) is 59.6 Å². The molecule has 1 unspecified atom stereocenters.